The highest BCUT2D eigenvalue weighted by molar-refractivity contribution is 7.90. The molecule has 0 radical (unpaired) electrons. The Kier molecular flexibility index (Phi) is 8.43. The summed E-state index contributed by atoms with van der Waals surface area (Å²) in [5.41, 5.74) is 4.29. The summed E-state index contributed by atoms with van der Waals surface area (Å²) < 4.78 is 23.6. The fourth-order valence-corrected chi connectivity index (χ4v) is 4.12. The SMILES string of the molecule is CN=C(NCc1ccc(S(C)(=O)=O)c(C)c1)NCc1ccccc1CN(C)C(C)C. The normalized spacial score (nSPS) is 12.5. The van der Waals surface area contributed by atoms with Crippen LogP contribution < -0.4 is 10.6 Å². The number of nitrogens with one attached hydrogen (secondary N) is 2. The Bertz CT molecular complexity index is 984. The van der Waals surface area contributed by atoms with Crippen LogP contribution in [0, 0.1) is 6.92 Å². The van der Waals surface area contributed by atoms with E-state index >= 15 is 0 Å². The van der Waals surface area contributed by atoms with Crippen molar-refractivity contribution in [3.63, 3.8) is 0 Å². The van der Waals surface area contributed by atoms with Gasteiger partial charge in [0.1, 0.15) is 0 Å². The average molecular weight is 431 g/mol. The first-order valence-electron chi connectivity index (χ1n) is 10.1. The Morgan fingerprint density at radius 1 is 1.07 bits per heavy atom. The van der Waals surface area contributed by atoms with E-state index in [0.29, 0.717) is 30.0 Å². The van der Waals surface area contributed by atoms with Crippen molar-refractivity contribution in [3.8, 4) is 0 Å². The van der Waals surface area contributed by atoms with Crippen LogP contribution in [-0.4, -0.2) is 45.7 Å². The maximum atomic E-state index is 11.8. The number of rotatable bonds is 8. The lowest BCUT2D eigenvalue weighted by Crippen LogP contribution is -2.36. The molecule has 2 N–H and O–H groups in total. The monoisotopic (exact) mass is 430 g/mol. The van der Waals surface area contributed by atoms with E-state index in [0.717, 1.165) is 17.7 Å². The van der Waals surface area contributed by atoms with Gasteiger partial charge in [-0.3, -0.25) is 9.89 Å². The average Bonchev–Trinajstić information content (AvgIpc) is 2.68. The molecule has 2 rings (SSSR count). The van der Waals surface area contributed by atoms with Gasteiger partial charge in [-0.25, -0.2) is 8.42 Å². The molecule has 30 heavy (non-hydrogen) atoms. The van der Waals surface area contributed by atoms with Crippen LogP contribution in [0.3, 0.4) is 0 Å². The third-order valence-electron chi connectivity index (χ3n) is 5.19. The molecule has 0 bridgehead atoms. The number of benzene rings is 2. The zero-order valence-corrected chi connectivity index (χ0v) is 19.7. The molecule has 2 aromatic carbocycles. The van der Waals surface area contributed by atoms with Gasteiger partial charge < -0.3 is 10.6 Å². The van der Waals surface area contributed by atoms with Crippen molar-refractivity contribution in [1.82, 2.24) is 15.5 Å². The van der Waals surface area contributed by atoms with E-state index in [2.05, 4.69) is 65.7 Å². The number of aryl methyl sites for hydroxylation is 1. The molecular formula is C23H34N4O2S. The molecule has 0 heterocycles. The van der Waals surface area contributed by atoms with Crippen molar-refractivity contribution in [2.45, 2.75) is 51.3 Å². The van der Waals surface area contributed by atoms with E-state index in [9.17, 15) is 8.42 Å². The predicted molar refractivity (Wildman–Crippen MR) is 124 cm³/mol. The van der Waals surface area contributed by atoms with Crippen molar-refractivity contribution in [3.05, 3.63) is 64.7 Å². The Labute approximate surface area is 181 Å². The molecule has 0 unspecified atom stereocenters. The second kappa shape index (κ2) is 10.6. The number of sulfone groups is 1. The zero-order chi connectivity index (χ0) is 22.3. The van der Waals surface area contributed by atoms with E-state index in [4.69, 9.17) is 0 Å². The first-order chi connectivity index (χ1) is 14.1. The summed E-state index contributed by atoms with van der Waals surface area (Å²) in [7, 11) is 0.669. The fourth-order valence-electron chi connectivity index (χ4n) is 3.16. The van der Waals surface area contributed by atoms with Gasteiger partial charge >= 0.3 is 0 Å². The minimum atomic E-state index is -3.20. The maximum absolute atomic E-state index is 11.8. The number of aliphatic imine (C=N–C) groups is 1. The maximum Gasteiger partial charge on any atom is 0.191 e. The van der Waals surface area contributed by atoms with Crippen LogP contribution in [0.1, 0.15) is 36.1 Å². The fraction of sp³-hybridized carbons (Fsp3) is 0.435. The predicted octanol–water partition coefficient (Wildman–Crippen LogP) is 3.10. The minimum Gasteiger partial charge on any atom is -0.352 e. The molecule has 0 aromatic heterocycles. The zero-order valence-electron chi connectivity index (χ0n) is 18.9. The Balaban J connectivity index is 1.99. The van der Waals surface area contributed by atoms with Crippen molar-refractivity contribution in [2.24, 2.45) is 4.99 Å². The second-order valence-electron chi connectivity index (χ2n) is 7.93. The molecule has 0 aliphatic carbocycles. The number of hydrogen-bond acceptors (Lipinski definition) is 4. The van der Waals surface area contributed by atoms with E-state index in [1.807, 2.05) is 19.1 Å². The van der Waals surface area contributed by atoms with Crippen LogP contribution >= 0.6 is 0 Å². The summed E-state index contributed by atoms with van der Waals surface area (Å²) in [6.07, 6.45) is 1.23. The minimum absolute atomic E-state index is 0.372. The van der Waals surface area contributed by atoms with Gasteiger partial charge in [-0.05, 0) is 56.1 Å². The highest BCUT2D eigenvalue weighted by atomic mass is 32.2. The number of guanidine groups is 1. The molecule has 7 heteroatoms. The lowest BCUT2D eigenvalue weighted by molar-refractivity contribution is 0.265. The van der Waals surface area contributed by atoms with Gasteiger partial charge in [-0.15, -0.1) is 0 Å². The third kappa shape index (κ3) is 6.85. The van der Waals surface area contributed by atoms with Crippen LogP contribution in [0.2, 0.25) is 0 Å². The number of nitrogens with zero attached hydrogens (tertiary/aromatic N) is 2. The van der Waals surface area contributed by atoms with Crippen molar-refractivity contribution in [2.75, 3.05) is 20.4 Å². The molecule has 164 valence electrons. The molecule has 0 amide bonds. The largest absolute Gasteiger partial charge is 0.352 e. The Hall–Kier alpha value is -2.38. The van der Waals surface area contributed by atoms with Crippen molar-refractivity contribution >= 4 is 15.8 Å². The quantitative estimate of drug-likeness (QED) is 0.497. The highest BCUT2D eigenvalue weighted by Gasteiger charge is 2.11. The summed E-state index contributed by atoms with van der Waals surface area (Å²) in [4.78, 5) is 6.99. The smallest absolute Gasteiger partial charge is 0.191 e. The van der Waals surface area contributed by atoms with Crippen molar-refractivity contribution < 1.29 is 8.42 Å². The van der Waals surface area contributed by atoms with Crippen LogP contribution in [0.25, 0.3) is 0 Å². The van der Waals surface area contributed by atoms with E-state index in [-0.39, 0.29) is 0 Å². The summed E-state index contributed by atoms with van der Waals surface area (Å²) in [6.45, 7) is 8.33. The lowest BCUT2D eigenvalue weighted by Gasteiger charge is -2.23. The summed E-state index contributed by atoms with van der Waals surface area (Å²) >= 11 is 0. The van der Waals surface area contributed by atoms with E-state index in [1.54, 1.807) is 13.1 Å². The Morgan fingerprint density at radius 2 is 1.70 bits per heavy atom. The standard InChI is InChI=1S/C23H34N4O2S/c1-17(2)27(5)16-21-10-8-7-9-20(21)15-26-23(24-4)25-14-19-11-12-22(18(3)13-19)30(6,28)29/h7-13,17H,14-16H2,1-6H3,(H2,24,25,26). The van der Waals surface area contributed by atoms with E-state index < -0.39 is 9.84 Å². The summed E-state index contributed by atoms with van der Waals surface area (Å²) in [5, 5.41) is 6.67. The topological polar surface area (TPSA) is 73.8 Å². The van der Waals surface area contributed by atoms with Gasteiger partial charge in [0.25, 0.3) is 0 Å². The van der Waals surface area contributed by atoms with Gasteiger partial charge in [-0.1, -0.05) is 36.4 Å². The molecule has 0 spiro atoms. The Morgan fingerprint density at radius 3 is 2.27 bits per heavy atom. The van der Waals surface area contributed by atoms with Gasteiger partial charge in [0.2, 0.25) is 0 Å². The molecule has 0 saturated carbocycles. The van der Waals surface area contributed by atoms with Crippen LogP contribution in [0.5, 0.6) is 0 Å². The van der Waals surface area contributed by atoms with Crippen LogP contribution in [0.4, 0.5) is 0 Å². The molecule has 0 saturated heterocycles. The molecule has 0 fully saturated rings. The van der Waals surface area contributed by atoms with Gasteiger partial charge in [0, 0.05) is 39.0 Å². The second-order valence-corrected chi connectivity index (χ2v) is 9.91. The van der Waals surface area contributed by atoms with Gasteiger partial charge in [0.05, 0.1) is 4.90 Å². The summed E-state index contributed by atoms with van der Waals surface area (Å²) in [5.74, 6) is 0.701. The van der Waals surface area contributed by atoms with Crippen molar-refractivity contribution in [1.29, 1.82) is 0 Å². The van der Waals surface area contributed by atoms with Crippen LogP contribution in [0.15, 0.2) is 52.4 Å². The molecule has 2 aromatic rings. The molecule has 6 nitrogen and oxygen atoms in total. The molecule has 0 atom stereocenters. The van der Waals surface area contributed by atoms with E-state index in [1.165, 1.54) is 17.4 Å². The third-order valence-corrected chi connectivity index (χ3v) is 6.45. The first kappa shape index (κ1) is 23.9. The van der Waals surface area contributed by atoms with Crippen LogP contribution in [-0.2, 0) is 29.5 Å². The lowest BCUT2D eigenvalue weighted by atomic mass is 10.1. The summed E-state index contributed by atoms with van der Waals surface area (Å²) in [6, 6.07) is 14.3. The molecule has 0 aliphatic heterocycles. The van der Waals surface area contributed by atoms with Gasteiger partial charge in [-0.2, -0.15) is 0 Å². The highest BCUT2D eigenvalue weighted by Crippen LogP contribution is 2.16. The molecule has 0 aliphatic rings. The first-order valence-corrected chi connectivity index (χ1v) is 12.0. The molecular weight excluding hydrogens is 396 g/mol. The van der Waals surface area contributed by atoms with Gasteiger partial charge in [0.15, 0.2) is 15.8 Å². The number of hydrogen-bond donors (Lipinski definition) is 2.